The number of nitrogens with one attached hydrogen (secondary N) is 1. The third-order valence-corrected chi connectivity index (χ3v) is 9.06. The molecule has 0 aliphatic heterocycles. The van der Waals surface area contributed by atoms with Gasteiger partial charge in [0.25, 0.3) is 0 Å². The van der Waals surface area contributed by atoms with Gasteiger partial charge in [0.1, 0.15) is 0 Å². The van der Waals surface area contributed by atoms with E-state index in [4.69, 9.17) is 5.11 Å². The molecule has 0 saturated carbocycles. The van der Waals surface area contributed by atoms with Gasteiger partial charge >= 0.3 is 5.97 Å². The third kappa shape index (κ3) is 8.24. The van der Waals surface area contributed by atoms with Gasteiger partial charge in [0.2, 0.25) is 10.0 Å². The van der Waals surface area contributed by atoms with Crippen molar-refractivity contribution in [2.24, 2.45) is 0 Å². The Hall–Kier alpha value is -3.56. The van der Waals surface area contributed by atoms with Crippen LogP contribution in [0.1, 0.15) is 31.4 Å². The van der Waals surface area contributed by atoms with E-state index in [0.29, 0.717) is 6.42 Å². The smallest absolute Gasteiger partial charge is 0.303 e. The van der Waals surface area contributed by atoms with Crippen molar-refractivity contribution in [3.8, 4) is 11.1 Å². The number of carboxylic acid groups (broad SMARTS) is 1. The Kier molecular flexibility index (Phi) is 9.60. The summed E-state index contributed by atoms with van der Waals surface area (Å²) >= 11 is 0. The first-order valence-corrected chi connectivity index (χ1v) is 15.2. The molecule has 0 heterocycles. The van der Waals surface area contributed by atoms with E-state index in [9.17, 15) is 18.3 Å². The lowest BCUT2D eigenvalue weighted by Gasteiger charge is -2.29. The monoisotopic (exact) mass is 574 g/mol. The van der Waals surface area contributed by atoms with E-state index in [1.54, 1.807) is 24.3 Å². The maximum Gasteiger partial charge on any atom is 0.303 e. The predicted molar refractivity (Wildman–Crippen MR) is 163 cm³/mol. The van der Waals surface area contributed by atoms with Gasteiger partial charge in [-0.3, -0.25) is 4.79 Å². The Morgan fingerprint density at radius 1 is 0.878 bits per heavy atom. The van der Waals surface area contributed by atoms with Crippen LogP contribution in [0.4, 0.5) is 0 Å². The number of sulfonamides is 1. The van der Waals surface area contributed by atoms with Crippen molar-refractivity contribution in [1.29, 1.82) is 0 Å². The summed E-state index contributed by atoms with van der Waals surface area (Å²) in [6.07, 6.45) is 0.413. The van der Waals surface area contributed by atoms with E-state index in [-0.39, 0.29) is 29.9 Å². The van der Waals surface area contributed by atoms with Crippen molar-refractivity contribution >= 4 is 26.8 Å². The number of aliphatic carboxylic acids is 1. The SMILES string of the molecule is CN(CC(O)CNC(C)(C)Cc1ccc2ccccc2c1)S(=O)(=O)c1ccc(-c2ccc(CCC(=O)O)cc2)cc1. The van der Waals surface area contributed by atoms with Crippen LogP contribution >= 0.6 is 0 Å². The zero-order chi connectivity index (χ0) is 29.6. The maximum atomic E-state index is 13.2. The number of hydrogen-bond acceptors (Lipinski definition) is 5. The number of carbonyl (C=O) groups is 1. The molecule has 8 heteroatoms. The van der Waals surface area contributed by atoms with Gasteiger partial charge < -0.3 is 15.5 Å². The highest BCUT2D eigenvalue weighted by atomic mass is 32.2. The van der Waals surface area contributed by atoms with Crippen molar-refractivity contribution in [2.45, 2.75) is 49.6 Å². The van der Waals surface area contributed by atoms with Crippen molar-refractivity contribution in [3.63, 3.8) is 0 Å². The van der Waals surface area contributed by atoms with E-state index < -0.39 is 22.1 Å². The fraction of sp³-hybridized carbons (Fsp3) is 0.303. The van der Waals surface area contributed by atoms with E-state index in [2.05, 4.69) is 49.5 Å². The maximum absolute atomic E-state index is 13.2. The largest absolute Gasteiger partial charge is 0.481 e. The highest BCUT2D eigenvalue weighted by Gasteiger charge is 2.25. The molecule has 4 rings (SSSR count). The summed E-state index contributed by atoms with van der Waals surface area (Å²) in [5, 5.41) is 25.3. The van der Waals surface area contributed by atoms with Gasteiger partial charge in [-0.25, -0.2) is 8.42 Å². The van der Waals surface area contributed by atoms with Gasteiger partial charge in [-0.2, -0.15) is 4.31 Å². The normalized spacial score (nSPS) is 13.0. The minimum atomic E-state index is -3.79. The Morgan fingerprint density at radius 3 is 2.10 bits per heavy atom. The number of nitrogens with zero attached hydrogens (tertiary/aromatic N) is 1. The first-order valence-electron chi connectivity index (χ1n) is 13.7. The first kappa shape index (κ1) is 30.4. The summed E-state index contributed by atoms with van der Waals surface area (Å²) in [4.78, 5) is 10.9. The van der Waals surface area contributed by atoms with Crippen LogP contribution < -0.4 is 5.32 Å². The highest BCUT2D eigenvalue weighted by molar-refractivity contribution is 7.89. The number of aliphatic hydroxyl groups excluding tert-OH is 1. The molecule has 0 bridgehead atoms. The number of fused-ring (bicyclic) bond motifs is 1. The van der Waals surface area contributed by atoms with Gasteiger partial charge in [0, 0.05) is 32.1 Å². The number of hydrogen-bond donors (Lipinski definition) is 3. The van der Waals surface area contributed by atoms with Gasteiger partial charge in [-0.05, 0) is 71.8 Å². The average Bonchev–Trinajstić information content (AvgIpc) is 2.95. The molecule has 1 unspecified atom stereocenters. The molecule has 1 atom stereocenters. The van der Waals surface area contributed by atoms with Crippen LogP contribution in [0.5, 0.6) is 0 Å². The van der Waals surface area contributed by atoms with Crippen LogP contribution in [-0.2, 0) is 27.7 Å². The Labute approximate surface area is 242 Å². The molecule has 0 spiro atoms. The van der Waals surface area contributed by atoms with Crippen LogP contribution in [0.15, 0.2) is 95.9 Å². The van der Waals surface area contributed by atoms with Crippen LogP contribution in [0, 0.1) is 0 Å². The fourth-order valence-corrected chi connectivity index (χ4v) is 6.10. The van der Waals surface area contributed by atoms with Gasteiger partial charge in [0.05, 0.1) is 11.0 Å². The predicted octanol–water partition coefficient (Wildman–Crippen LogP) is 5.12. The van der Waals surface area contributed by atoms with Gasteiger partial charge in [-0.1, -0.05) is 78.9 Å². The zero-order valence-electron chi connectivity index (χ0n) is 23.7. The van der Waals surface area contributed by atoms with Crippen LogP contribution in [0.25, 0.3) is 21.9 Å². The molecule has 0 amide bonds. The van der Waals surface area contributed by atoms with Gasteiger partial charge in [-0.15, -0.1) is 0 Å². The summed E-state index contributed by atoms with van der Waals surface area (Å²) in [7, 11) is -2.31. The lowest BCUT2D eigenvalue weighted by atomic mass is 9.93. The molecule has 7 nitrogen and oxygen atoms in total. The topological polar surface area (TPSA) is 107 Å². The van der Waals surface area contributed by atoms with E-state index in [0.717, 1.165) is 23.1 Å². The molecule has 4 aromatic carbocycles. The Bertz CT molecular complexity index is 1580. The van der Waals surface area contributed by atoms with E-state index >= 15 is 0 Å². The van der Waals surface area contributed by atoms with Crippen molar-refractivity contribution in [1.82, 2.24) is 9.62 Å². The molecule has 0 radical (unpaired) electrons. The van der Waals surface area contributed by atoms with Crippen LogP contribution in [-0.4, -0.2) is 60.7 Å². The fourth-order valence-electron chi connectivity index (χ4n) is 4.89. The molecule has 3 N–H and O–H groups in total. The Morgan fingerprint density at radius 2 is 1.46 bits per heavy atom. The van der Waals surface area contributed by atoms with Crippen LogP contribution in [0.2, 0.25) is 0 Å². The number of rotatable bonds is 13. The second-order valence-corrected chi connectivity index (χ2v) is 13.2. The summed E-state index contributed by atoms with van der Waals surface area (Å²) in [6.45, 7) is 4.35. The van der Waals surface area contributed by atoms with E-state index in [1.165, 1.54) is 27.7 Å². The van der Waals surface area contributed by atoms with Crippen molar-refractivity contribution in [3.05, 3.63) is 102 Å². The molecule has 41 heavy (non-hydrogen) atoms. The highest BCUT2D eigenvalue weighted by Crippen LogP contribution is 2.24. The number of likely N-dealkylation sites (N-methyl/N-ethyl adjacent to an activating group) is 1. The molecule has 216 valence electrons. The van der Waals surface area contributed by atoms with Gasteiger partial charge in [0.15, 0.2) is 0 Å². The zero-order valence-corrected chi connectivity index (χ0v) is 24.6. The number of carboxylic acids is 1. The first-order chi connectivity index (χ1) is 19.4. The second-order valence-electron chi connectivity index (χ2n) is 11.2. The third-order valence-electron chi connectivity index (χ3n) is 7.22. The lowest BCUT2D eigenvalue weighted by Crippen LogP contribution is -2.47. The molecule has 0 aliphatic rings. The summed E-state index contributed by atoms with van der Waals surface area (Å²) < 4.78 is 27.5. The lowest BCUT2D eigenvalue weighted by molar-refractivity contribution is -0.136. The number of β-amino-alcohol motifs (C(OH)–C–C–N with tert-alkyl or cyclic N) is 1. The second kappa shape index (κ2) is 13.0. The summed E-state index contributed by atoms with van der Waals surface area (Å²) in [6, 6.07) is 28.8. The number of aliphatic hydroxyl groups is 1. The van der Waals surface area contributed by atoms with Crippen LogP contribution in [0.3, 0.4) is 0 Å². The molecular weight excluding hydrogens is 536 g/mol. The quantitative estimate of drug-likeness (QED) is 0.205. The molecule has 0 fully saturated rings. The Balaban J connectivity index is 1.31. The van der Waals surface area contributed by atoms with E-state index in [1.807, 2.05) is 36.4 Å². The molecular formula is C33H38N2O5S. The number of benzene rings is 4. The standard InChI is InChI=1S/C33H38N2O5S/c1-33(2,21-25-10-14-26-6-4-5-7-29(26)20-25)34-22-30(36)23-35(3)41(39,40)31-17-15-28(16-18-31)27-12-8-24(9-13-27)11-19-32(37)38/h4-10,12-18,20,30,34,36H,11,19,21-23H2,1-3H3,(H,37,38). The van der Waals surface area contributed by atoms with Crippen molar-refractivity contribution < 1.29 is 23.4 Å². The molecule has 0 aliphatic carbocycles. The number of aryl methyl sites for hydroxylation is 1. The average molecular weight is 575 g/mol. The summed E-state index contributed by atoms with van der Waals surface area (Å²) in [5.41, 5.74) is 3.59. The minimum Gasteiger partial charge on any atom is -0.481 e. The molecule has 4 aromatic rings. The molecule has 0 aromatic heterocycles. The summed E-state index contributed by atoms with van der Waals surface area (Å²) in [5.74, 6) is -0.833. The minimum absolute atomic E-state index is 0.0407. The molecule has 0 saturated heterocycles. The van der Waals surface area contributed by atoms with Crippen molar-refractivity contribution in [2.75, 3.05) is 20.1 Å².